The molecule has 19 heavy (non-hydrogen) atoms. The number of benzene rings is 1. The minimum Gasteiger partial charge on any atom is -0.299 e. The van der Waals surface area contributed by atoms with Crippen LogP contribution in [-0.2, 0) is 11.2 Å². The van der Waals surface area contributed by atoms with Gasteiger partial charge in [-0.1, -0.05) is 38.0 Å². The van der Waals surface area contributed by atoms with E-state index in [0.717, 1.165) is 6.42 Å². The molecule has 1 unspecified atom stereocenters. The first-order valence-corrected chi connectivity index (χ1v) is 7.41. The van der Waals surface area contributed by atoms with Gasteiger partial charge in [0, 0.05) is 12.3 Å². The average molecular weight is 258 g/mol. The highest BCUT2D eigenvalue weighted by Crippen LogP contribution is 2.43. The Morgan fingerprint density at radius 3 is 2.26 bits per heavy atom. The molecule has 0 saturated heterocycles. The monoisotopic (exact) mass is 258 g/mol. The molecule has 0 radical (unpaired) electrons. The van der Waals surface area contributed by atoms with Crippen molar-refractivity contribution in [3.8, 4) is 0 Å². The second-order valence-electron chi connectivity index (χ2n) is 6.95. The first-order valence-electron chi connectivity index (χ1n) is 7.41. The Morgan fingerprint density at radius 1 is 1.21 bits per heavy atom. The number of hydrogen-bond acceptors (Lipinski definition) is 1. The van der Waals surface area contributed by atoms with Crippen molar-refractivity contribution >= 4 is 5.78 Å². The second kappa shape index (κ2) is 5.11. The summed E-state index contributed by atoms with van der Waals surface area (Å²) in [6.07, 6.45) is 4.09. The number of rotatable bonds is 3. The SMILES string of the molecule is Cc1cc(C)c(CC(=O)C2CCCC2(C)C)c(C)c1. The molecule has 1 saturated carbocycles. The molecule has 104 valence electrons. The van der Waals surface area contributed by atoms with Gasteiger partial charge in [0.05, 0.1) is 0 Å². The van der Waals surface area contributed by atoms with Crippen molar-refractivity contribution in [2.45, 2.75) is 60.3 Å². The summed E-state index contributed by atoms with van der Waals surface area (Å²) in [4.78, 5) is 12.6. The fraction of sp³-hybridized carbons (Fsp3) is 0.611. The van der Waals surface area contributed by atoms with Crippen LogP contribution in [0.2, 0.25) is 0 Å². The lowest BCUT2D eigenvalue weighted by molar-refractivity contribution is -0.124. The molecule has 0 heterocycles. The van der Waals surface area contributed by atoms with Gasteiger partial charge in [0.1, 0.15) is 5.78 Å². The number of carbonyl (C=O) groups excluding carboxylic acids is 1. The summed E-state index contributed by atoms with van der Waals surface area (Å²) >= 11 is 0. The van der Waals surface area contributed by atoms with Crippen LogP contribution >= 0.6 is 0 Å². The Bertz CT molecular complexity index is 473. The summed E-state index contributed by atoms with van der Waals surface area (Å²) in [5, 5.41) is 0. The van der Waals surface area contributed by atoms with Crippen LogP contribution in [0.25, 0.3) is 0 Å². The summed E-state index contributed by atoms with van der Waals surface area (Å²) < 4.78 is 0. The Labute approximate surface area is 117 Å². The molecule has 1 atom stereocenters. The number of carbonyl (C=O) groups is 1. The predicted octanol–water partition coefficient (Wildman–Crippen LogP) is 4.55. The molecular weight excluding hydrogens is 232 g/mol. The van der Waals surface area contributed by atoms with Crippen LogP contribution in [0.3, 0.4) is 0 Å². The van der Waals surface area contributed by atoms with Crippen LogP contribution in [0.1, 0.15) is 55.4 Å². The highest BCUT2D eigenvalue weighted by molar-refractivity contribution is 5.84. The average Bonchev–Trinajstić information content (AvgIpc) is 2.63. The predicted molar refractivity (Wildman–Crippen MR) is 80.5 cm³/mol. The van der Waals surface area contributed by atoms with Crippen molar-refractivity contribution in [3.05, 3.63) is 34.4 Å². The van der Waals surface area contributed by atoms with Crippen LogP contribution in [0.4, 0.5) is 0 Å². The van der Waals surface area contributed by atoms with Crippen LogP contribution in [0.5, 0.6) is 0 Å². The smallest absolute Gasteiger partial charge is 0.140 e. The Hall–Kier alpha value is -1.11. The zero-order valence-corrected chi connectivity index (χ0v) is 13.0. The quantitative estimate of drug-likeness (QED) is 0.777. The number of aryl methyl sites for hydroxylation is 3. The number of ketones is 1. The molecule has 1 nitrogen and oxygen atoms in total. The van der Waals surface area contributed by atoms with E-state index in [1.807, 2.05) is 0 Å². The molecule has 0 amide bonds. The lowest BCUT2D eigenvalue weighted by Gasteiger charge is -2.26. The maximum absolute atomic E-state index is 12.6. The molecule has 1 aliphatic carbocycles. The third kappa shape index (κ3) is 2.91. The molecule has 1 fully saturated rings. The molecule has 0 aromatic heterocycles. The van der Waals surface area contributed by atoms with Crippen molar-refractivity contribution in [3.63, 3.8) is 0 Å². The maximum Gasteiger partial charge on any atom is 0.140 e. The van der Waals surface area contributed by atoms with E-state index < -0.39 is 0 Å². The third-order valence-electron chi connectivity index (χ3n) is 4.84. The Morgan fingerprint density at radius 2 is 1.79 bits per heavy atom. The minimum atomic E-state index is 0.198. The molecular formula is C18H26O. The van der Waals surface area contributed by atoms with Crippen molar-refractivity contribution in [1.29, 1.82) is 0 Å². The largest absolute Gasteiger partial charge is 0.299 e. The van der Waals surface area contributed by atoms with Crippen LogP contribution in [-0.4, -0.2) is 5.78 Å². The van der Waals surface area contributed by atoms with Crippen molar-refractivity contribution in [1.82, 2.24) is 0 Å². The molecule has 1 aromatic carbocycles. The fourth-order valence-corrected chi connectivity index (χ4v) is 3.71. The zero-order valence-electron chi connectivity index (χ0n) is 13.0. The topological polar surface area (TPSA) is 17.1 Å². The maximum atomic E-state index is 12.6. The molecule has 0 bridgehead atoms. The van der Waals surface area contributed by atoms with E-state index in [-0.39, 0.29) is 11.3 Å². The van der Waals surface area contributed by atoms with Gasteiger partial charge in [-0.05, 0) is 55.7 Å². The first kappa shape index (κ1) is 14.3. The van der Waals surface area contributed by atoms with E-state index in [1.54, 1.807) is 0 Å². The highest BCUT2D eigenvalue weighted by atomic mass is 16.1. The van der Waals surface area contributed by atoms with E-state index in [2.05, 4.69) is 46.8 Å². The Balaban J connectivity index is 2.20. The zero-order chi connectivity index (χ0) is 14.2. The molecule has 1 heteroatoms. The van der Waals surface area contributed by atoms with Crippen molar-refractivity contribution < 1.29 is 4.79 Å². The van der Waals surface area contributed by atoms with Gasteiger partial charge in [-0.2, -0.15) is 0 Å². The first-order chi connectivity index (χ1) is 8.81. The van der Waals surface area contributed by atoms with Gasteiger partial charge in [-0.15, -0.1) is 0 Å². The van der Waals surface area contributed by atoms with E-state index >= 15 is 0 Å². The van der Waals surface area contributed by atoms with Gasteiger partial charge in [-0.25, -0.2) is 0 Å². The molecule has 0 spiro atoms. The van der Waals surface area contributed by atoms with Crippen LogP contribution in [0, 0.1) is 32.1 Å². The van der Waals surface area contributed by atoms with E-state index in [0.29, 0.717) is 12.2 Å². The number of hydrogen-bond donors (Lipinski definition) is 0. The van der Waals surface area contributed by atoms with Crippen LogP contribution < -0.4 is 0 Å². The second-order valence-corrected chi connectivity index (χ2v) is 6.95. The molecule has 0 N–H and O–H groups in total. The molecule has 1 aliphatic rings. The van der Waals surface area contributed by atoms with Crippen molar-refractivity contribution in [2.24, 2.45) is 11.3 Å². The lowest BCUT2D eigenvalue weighted by Crippen LogP contribution is -2.27. The van der Waals surface area contributed by atoms with Gasteiger partial charge in [0.2, 0.25) is 0 Å². The van der Waals surface area contributed by atoms with E-state index in [9.17, 15) is 4.79 Å². The van der Waals surface area contributed by atoms with E-state index in [1.165, 1.54) is 35.1 Å². The summed E-state index contributed by atoms with van der Waals surface area (Å²) in [5.74, 6) is 0.699. The summed E-state index contributed by atoms with van der Waals surface area (Å²) in [6, 6.07) is 4.38. The normalized spacial score (nSPS) is 21.6. The van der Waals surface area contributed by atoms with Gasteiger partial charge < -0.3 is 0 Å². The third-order valence-corrected chi connectivity index (χ3v) is 4.84. The van der Waals surface area contributed by atoms with Crippen molar-refractivity contribution in [2.75, 3.05) is 0 Å². The molecule has 1 aromatic rings. The summed E-state index contributed by atoms with van der Waals surface area (Å²) in [6.45, 7) is 10.9. The minimum absolute atomic E-state index is 0.198. The summed E-state index contributed by atoms with van der Waals surface area (Å²) in [7, 11) is 0. The van der Waals surface area contributed by atoms with Gasteiger partial charge in [0.25, 0.3) is 0 Å². The molecule has 2 rings (SSSR count). The van der Waals surface area contributed by atoms with Gasteiger partial charge in [-0.3, -0.25) is 4.79 Å². The standard InChI is InChI=1S/C18H26O/c1-12-9-13(2)15(14(3)10-12)11-17(19)16-7-6-8-18(16,4)5/h9-10,16H,6-8,11H2,1-5H3. The highest BCUT2D eigenvalue weighted by Gasteiger charge is 2.38. The fourth-order valence-electron chi connectivity index (χ4n) is 3.71. The number of Topliss-reactive ketones (excluding diaryl/α,β-unsaturated/α-hetero) is 1. The van der Waals surface area contributed by atoms with Gasteiger partial charge >= 0.3 is 0 Å². The van der Waals surface area contributed by atoms with E-state index in [4.69, 9.17) is 0 Å². The van der Waals surface area contributed by atoms with Gasteiger partial charge in [0.15, 0.2) is 0 Å². The molecule has 0 aliphatic heterocycles. The summed E-state index contributed by atoms with van der Waals surface area (Å²) in [5.41, 5.74) is 5.26. The Kier molecular flexibility index (Phi) is 3.85. The van der Waals surface area contributed by atoms with Crippen LogP contribution in [0.15, 0.2) is 12.1 Å². The lowest BCUT2D eigenvalue weighted by atomic mass is 9.77.